The lowest BCUT2D eigenvalue weighted by Gasteiger charge is -2.14. The van der Waals surface area contributed by atoms with Crippen LogP contribution in [0, 0.1) is 12.8 Å². The third-order valence-electron chi connectivity index (χ3n) is 3.62. The van der Waals surface area contributed by atoms with Crippen LogP contribution in [0.3, 0.4) is 0 Å². The van der Waals surface area contributed by atoms with Crippen LogP contribution in [0.25, 0.3) is 10.2 Å². The molecule has 1 aromatic carbocycles. The van der Waals surface area contributed by atoms with E-state index in [1.807, 2.05) is 37.3 Å². The van der Waals surface area contributed by atoms with Crippen LogP contribution in [-0.2, 0) is 13.0 Å². The van der Waals surface area contributed by atoms with Crippen molar-refractivity contribution >= 4 is 21.7 Å². The Morgan fingerprint density at radius 2 is 1.95 bits per heavy atom. The Morgan fingerprint density at radius 3 is 2.64 bits per heavy atom. The fraction of sp³-hybridized carbons (Fsp3) is 0.353. The Kier molecular flexibility index (Phi) is 4.07. The monoisotopic (exact) mass is 313 g/mol. The predicted octanol–water partition coefficient (Wildman–Crippen LogP) is 3.41. The van der Waals surface area contributed by atoms with Gasteiger partial charge in [0.15, 0.2) is 4.83 Å². The van der Waals surface area contributed by atoms with Crippen LogP contribution in [0.5, 0.6) is 0 Å². The van der Waals surface area contributed by atoms with Crippen molar-refractivity contribution in [1.82, 2.24) is 13.9 Å². The van der Waals surface area contributed by atoms with E-state index in [4.69, 9.17) is 4.98 Å². The molecule has 0 bridgehead atoms. The normalized spacial score (nSPS) is 11.5. The number of aromatic nitrogens is 3. The molecule has 22 heavy (non-hydrogen) atoms. The summed E-state index contributed by atoms with van der Waals surface area (Å²) in [7, 11) is 0. The van der Waals surface area contributed by atoms with Crippen molar-refractivity contribution in [3.8, 4) is 0 Å². The molecule has 114 valence electrons. The minimum atomic E-state index is 0.0238. The molecule has 0 saturated heterocycles. The molecule has 2 heterocycles. The van der Waals surface area contributed by atoms with Crippen LogP contribution in [0.4, 0.5) is 0 Å². The Labute approximate surface area is 133 Å². The summed E-state index contributed by atoms with van der Waals surface area (Å²) < 4.78 is 6.10. The van der Waals surface area contributed by atoms with Crippen molar-refractivity contribution < 1.29 is 0 Å². The van der Waals surface area contributed by atoms with E-state index in [0.29, 0.717) is 17.8 Å². The summed E-state index contributed by atoms with van der Waals surface area (Å²) in [6, 6.07) is 10.0. The molecule has 0 atom stereocenters. The molecule has 0 unspecified atom stereocenters. The highest BCUT2D eigenvalue weighted by Crippen LogP contribution is 2.18. The van der Waals surface area contributed by atoms with Gasteiger partial charge in [0, 0.05) is 6.42 Å². The highest BCUT2D eigenvalue weighted by Gasteiger charge is 2.16. The molecule has 0 aliphatic carbocycles. The van der Waals surface area contributed by atoms with Gasteiger partial charge in [-0.2, -0.15) is 4.37 Å². The van der Waals surface area contributed by atoms with Crippen LogP contribution >= 0.6 is 11.5 Å². The number of hydrogen-bond acceptors (Lipinski definition) is 4. The van der Waals surface area contributed by atoms with Crippen LogP contribution < -0.4 is 5.56 Å². The summed E-state index contributed by atoms with van der Waals surface area (Å²) in [5.41, 5.74) is 1.91. The quantitative estimate of drug-likeness (QED) is 0.741. The second kappa shape index (κ2) is 6.01. The first-order chi connectivity index (χ1) is 10.6. The largest absolute Gasteiger partial charge is 0.292 e. The van der Waals surface area contributed by atoms with E-state index in [1.54, 1.807) is 4.57 Å². The molecule has 4 nitrogen and oxygen atoms in total. The fourth-order valence-electron chi connectivity index (χ4n) is 2.56. The average molecular weight is 313 g/mol. The molecule has 0 saturated carbocycles. The van der Waals surface area contributed by atoms with Crippen molar-refractivity contribution in [3.63, 3.8) is 0 Å². The summed E-state index contributed by atoms with van der Waals surface area (Å²) >= 11 is 1.31. The number of benzene rings is 1. The molecule has 0 aliphatic heterocycles. The van der Waals surface area contributed by atoms with Crippen LogP contribution in [0.1, 0.15) is 30.9 Å². The molecule has 3 aromatic rings. The van der Waals surface area contributed by atoms with E-state index in [9.17, 15) is 4.79 Å². The summed E-state index contributed by atoms with van der Waals surface area (Å²) in [5, 5.41) is 0.661. The minimum Gasteiger partial charge on any atom is -0.292 e. The molecule has 3 rings (SSSR count). The van der Waals surface area contributed by atoms with Gasteiger partial charge in [-0.15, -0.1) is 0 Å². The van der Waals surface area contributed by atoms with Crippen molar-refractivity contribution in [2.75, 3.05) is 0 Å². The van der Waals surface area contributed by atoms with Crippen molar-refractivity contribution in [2.45, 2.75) is 33.7 Å². The highest BCUT2D eigenvalue weighted by molar-refractivity contribution is 7.12. The van der Waals surface area contributed by atoms with Gasteiger partial charge in [0.05, 0.1) is 17.6 Å². The number of nitrogens with zero attached hydrogens (tertiary/aromatic N) is 3. The molecule has 0 fully saturated rings. The third kappa shape index (κ3) is 2.81. The number of hydrogen-bond donors (Lipinski definition) is 0. The zero-order valence-corrected chi connectivity index (χ0v) is 13.9. The molecule has 0 N–H and O–H groups in total. The molecule has 0 spiro atoms. The maximum absolute atomic E-state index is 12.9. The van der Waals surface area contributed by atoms with E-state index in [0.717, 1.165) is 28.3 Å². The maximum atomic E-state index is 12.9. The second-order valence-corrected chi connectivity index (χ2v) is 6.70. The number of fused-ring (bicyclic) bond motifs is 1. The van der Waals surface area contributed by atoms with Gasteiger partial charge in [0.1, 0.15) is 5.82 Å². The van der Waals surface area contributed by atoms with E-state index >= 15 is 0 Å². The van der Waals surface area contributed by atoms with Crippen LogP contribution in [0.2, 0.25) is 0 Å². The van der Waals surface area contributed by atoms with Gasteiger partial charge < -0.3 is 0 Å². The summed E-state index contributed by atoms with van der Waals surface area (Å²) in [4.78, 5) is 18.4. The molecule has 0 radical (unpaired) electrons. The lowest BCUT2D eigenvalue weighted by molar-refractivity contribution is 0.574. The zero-order valence-electron chi connectivity index (χ0n) is 13.0. The SMILES string of the molecule is Cc1nsc2nc(CC(C)C)n(Cc3ccccc3)c(=O)c12. The van der Waals surface area contributed by atoms with Gasteiger partial charge in [0.2, 0.25) is 0 Å². The topological polar surface area (TPSA) is 47.8 Å². The Bertz CT molecular complexity index is 849. The smallest absolute Gasteiger partial charge is 0.264 e. The maximum Gasteiger partial charge on any atom is 0.264 e. The first kappa shape index (κ1) is 14.9. The van der Waals surface area contributed by atoms with Crippen molar-refractivity contribution in [3.05, 3.63) is 57.8 Å². The number of aryl methyl sites for hydroxylation is 1. The standard InChI is InChI=1S/C17H19N3OS/c1-11(2)9-14-18-16-15(12(3)19-22-16)17(21)20(14)10-13-7-5-4-6-8-13/h4-8,11H,9-10H2,1-3H3. The second-order valence-electron chi connectivity index (χ2n) is 5.95. The van der Waals surface area contributed by atoms with Crippen molar-refractivity contribution in [2.24, 2.45) is 5.92 Å². The van der Waals surface area contributed by atoms with E-state index < -0.39 is 0 Å². The van der Waals surface area contributed by atoms with E-state index in [2.05, 4.69) is 18.2 Å². The Hall–Kier alpha value is -2.01. The number of rotatable bonds is 4. The fourth-order valence-corrected chi connectivity index (χ4v) is 3.35. The summed E-state index contributed by atoms with van der Waals surface area (Å²) in [6.07, 6.45) is 0.787. The Balaban J connectivity index is 2.18. The van der Waals surface area contributed by atoms with Gasteiger partial charge in [0.25, 0.3) is 5.56 Å². The van der Waals surface area contributed by atoms with E-state index in [-0.39, 0.29) is 5.56 Å². The van der Waals surface area contributed by atoms with Crippen LogP contribution in [0.15, 0.2) is 35.1 Å². The van der Waals surface area contributed by atoms with Gasteiger partial charge >= 0.3 is 0 Å². The molecule has 2 aromatic heterocycles. The predicted molar refractivity (Wildman–Crippen MR) is 90.5 cm³/mol. The third-order valence-corrected chi connectivity index (χ3v) is 4.45. The molecular weight excluding hydrogens is 294 g/mol. The van der Waals surface area contributed by atoms with Gasteiger partial charge in [-0.3, -0.25) is 9.36 Å². The van der Waals surface area contributed by atoms with Gasteiger partial charge in [-0.1, -0.05) is 44.2 Å². The van der Waals surface area contributed by atoms with Gasteiger partial charge in [-0.05, 0) is 29.9 Å². The minimum absolute atomic E-state index is 0.0238. The molecule has 5 heteroatoms. The molecular formula is C17H19N3OS. The zero-order chi connectivity index (χ0) is 15.7. The summed E-state index contributed by atoms with van der Waals surface area (Å²) in [5.74, 6) is 1.29. The Morgan fingerprint density at radius 1 is 1.23 bits per heavy atom. The first-order valence-electron chi connectivity index (χ1n) is 7.46. The van der Waals surface area contributed by atoms with Gasteiger partial charge in [-0.25, -0.2) is 4.98 Å². The lowest BCUT2D eigenvalue weighted by atomic mass is 10.1. The molecule has 0 aliphatic rings. The summed E-state index contributed by atoms with van der Waals surface area (Å²) in [6.45, 7) is 6.71. The highest BCUT2D eigenvalue weighted by atomic mass is 32.1. The van der Waals surface area contributed by atoms with Crippen LogP contribution in [-0.4, -0.2) is 13.9 Å². The first-order valence-corrected chi connectivity index (χ1v) is 8.23. The van der Waals surface area contributed by atoms with Crippen molar-refractivity contribution in [1.29, 1.82) is 0 Å². The van der Waals surface area contributed by atoms with E-state index in [1.165, 1.54) is 11.5 Å². The lowest BCUT2D eigenvalue weighted by Crippen LogP contribution is -2.26. The average Bonchev–Trinajstić information content (AvgIpc) is 2.85. The molecule has 0 amide bonds.